The lowest BCUT2D eigenvalue weighted by atomic mass is 10.2. The highest BCUT2D eigenvalue weighted by molar-refractivity contribution is 7.15. The van der Waals surface area contributed by atoms with Crippen LogP contribution < -0.4 is 10.2 Å². The van der Waals surface area contributed by atoms with Crippen molar-refractivity contribution >= 4 is 34.1 Å². The Balaban J connectivity index is 1.78. The minimum absolute atomic E-state index is 0.154. The number of nitrogens with one attached hydrogen (secondary N) is 1. The van der Waals surface area contributed by atoms with Crippen LogP contribution in [0.2, 0.25) is 0 Å². The fraction of sp³-hybridized carbons (Fsp3) is 0.133. The Labute approximate surface area is 145 Å². The molecule has 3 aromatic rings. The van der Waals surface area contributed by atoms with Gasteiger partial charge in [0.15, 0.2) is 10.7 Å². The molecule has 128 valence electrons. The van der Waals surface area contributed by atoms with Gasteiger partial charge in [-0.25, -0.2) is 10.4 Å². The molecular formula is C15H13N5O4S. The number of aromatic nitrogens is 2. The van der Waals surface area contributed by atoms with Gasteiger partial charge in [-0.1, -0.05) is 0 Å². The van der Waals surface area contributed by atoms with E-state index in [4.69, 9.17) is 4.74 Å². The fourth-order valence-corrected chi connectivity index (χ4v) is 3.08. The van der Waals surface area contributed by atoms with Crippen LogP contribution in [0.1, 0.15) is 21.7 Å². The maximum Gasteiger partial charge on any atom is 0.311 e. The lowest BCUT2D eigenvalue weighted by Crippen LogP contribution is -2.20. The molecule has 1 aromatic carbocycles. The maximum absolute atomic E-state index is 12.3. The summed E-state index contributed by atoms with van der Waals surface area (Å²) in [6, 6.07) is 4.38. The fourth-order valence-electron chi connectivity index (χ4n) is 2.32. The number of hydrogen-bond donors (Lipinski definition) is 1. The summed E-state index contributed by atoms with van der Waals surface area (Å²) in [5.74, 6) is -0.261. The van der Waals surface area contributed by atoms with Gasteiger partial charge in [0.1, 0.15) is 5.69 Å². The van der Waals surface area contributed by atoms with Gasteiger partial charge in [-0.2, -0.15) is 5.10 Å². The minimum Gasteiger partial charge on any atom is -0.490 e. The monoisotopic (exact) mass is 359 g/mol. The zero-order valence-corrected chi connectivity index (χ0v) is 14.1. The van der Waals surface area contributed by atoms with Crippen LogP contribution >= 0.6 is 11.3 Å². The van der Waals surface area contributed by atoms with E-state index in [0.29, 0.717) is 17.0 Å². The first-order valence-electron chi connectivity index (χ1n) is 7.09. The van der Waals surface area contributed by atoms with E-state index in [0.717, 1.165) is 4.96 Å². The van der Waals surface area contributed by atoms with Gasteiger partial charge in [0.05, 0.1) is 23.9 Å². The number of benzene rings is 1. The first kappa shape index (κ1) is 16.6. The maximum atomic E-state index is 12.3. The second kappa shape index (κ2) is 6.69. The zero-order chi connectivity index (χ0) is 18.0. The molecule has 0 radical (unpaired) electrons. The molecule has 2 heterocycles. The summed E-state index contributed by atoms with van der Waals surface area (Å²) in [5.41, 5.74) is 3.68. The molecular weight excluding hydrogens is 346 g/mol. The second-order valence-electron chi connectivity index (χ2n) is 4.99. The number of hydrazone groups is 1. The molecule has 0 atom stereocenters. The molecule has 10 heteroatoms. The van der Waals surface area contributed by atoms with Crippen LogP contribution in [0, 0.1) is 17.0 Å². The van der Waals surface area contributed by atoms with E-state index in [9.17, 15) is 14.9 Å². The van der Waals surface area contributed by atoms with Crippen LogP contribution in [0.3, 0.4) is 0 Å². The van der Waals surface area contributed by atoms with E-state index < -0.39 is 10.8 Å². The number of nitro benzene ring substituents is 1. The average Bonchev–Trinajstić information content (AvgIpc) is 3.14. The Hall–Kier alpha value is -3.27. The summed E-state index contributed by atoms with van der Waals surface area (Å²) in [6.45, 7) is 1.74. The van der Waals surface area contributed by atoms with Crippen molar-refractivity contribution in [3.8, 4) is 5.75 Å². The normalized spacial score (nSPS) is 11.1. The molecule has 0 aliphatic heterocycles. The molecule has 1 amide bonds. The van der Waals surface area contributed by atoms with Crippen molar-refractivity contribution in [3.63, 3.8) is 0 Å². The summed E-state index contributed by atoms with van der Waals surface area (Å²) < 4.78 is 6.62. The highest BCUT2D eigenvalue weighted by Gasteiger charge is 2.17. The van der Waals surface area contributed by atoms with Crippen molar-refractivity contribution in [1.29, 1.82) is 0 Å². The van der Waals surface area contributed by atoms with E-state index in [1.807, 2.05) is 5.38 Å². The van der Waals surface area contributed by atoms with E-state index >= 15 is 0 Å². The van der Waals surface area contributed by atoms with E-state index in [1.165, 1.54) is 36.8 Å². The molecule has 0 aliphatic carbocycles. The van der Waals surface area contributed by atoms with Gasteiger partial charge < -0.3 is 4.74 Å². The molecule has 0 saturated carbocycles. The molecule has 1 N–H and O–H groups in total. The van der Waals surface area contributed by atoms with Crippen molar-refractivity contribution in [1.82, 2.24) is 14.8 Å². The number of hydrogen-bond acceptors (Lipinski definition) is 7. The van der Waals surface area contributed by atoms with Gasteiger partial charge in [0.25, 0.3) is 5.91 Å². The highest BCUT2D eigenvalue weighted by Crippen LogP contribution is 2.26. The largest absolute Gasteiger partial charge is 0.490 e. The smallest absolute Gasteiger partial charge is 0.311 e. The minimum atomic E-state index is -0.544. The van der Waals surface area contributed by atoms with Crippen LogP contribution in [0.5, 0.6) is 5.75 Å². The molecule has 0 fully saturated rings. The van der Waals surface area contributed by atoms with Gasteiger partial charge in [-0.15, -0.1) is 11.3 Å². The summed E-state index contributed by atoms with van der Waals surface area (Å²) in [7, 11) is 1.36. The highest BCUT2D eigenvalue weighted by atomic mass is 32.1. The summed E-state index contributed by atoms with van der Waals surface area (Å²) in [6.07, 6.45) is 3.08. The number of carbonyl (C=O) groups excluding carboxylic acids is 1. The first-order chi connectivity index (χ1) is 12.0. The number of thiazole rings is 1. The summed E-state index contributed by atoms with van der Waals surface area (Å²) in [4.78, 5) is 27.8. The van der Waals surface area contributed by atoms with Crippen molar-refractivity contribution in [2.24, 2.45) is 5.10 Å². The predicted octanol–water partition coefficient (Wildman–Crippen LogP) is 2.38. The molecule has 9 nitrogen and oxygen atoms in total. The van der Waals surface area contributed by atoms with Gasteiger partial charge >= 0.3 is 5.69 Å². The van der Waals surface area contributed by atoms with Crippen LogP contribution in [-0.2, 0) is 0 Å². The van der Waals surface area contributed by atoms with Gasteiger partial charge in [0.2, 0.25) is 0 Å². The third kappa shape index (κ3) is 3.19. The molecule has 0 aliphatic rings. The number of amides is 1. The summed E-state index contributed by atoms with van der Waals surface area (Å²) >= 11 is 1.43. The Morgan fingerprint density at radius 2 is 2.32 bits per heavy atom. The number of imidazole rings is 1. The molecule has 0 spiro atoms. The topological polar surface area (TPSA) is 111 Å². The molecule has 0 saturated heterocycles. The van der Waals surface area contributed by atoms with Crippen molar-refractivity contribution < 1.29 is 14.5 Å². The standard InChI is InChI=1S/C15H13N5O4S/c1-9-13(19-5-6-25-15(19)17-9)14(21)18-16-8-10-3-4-12(24-2)11(7-10)20(22)23/h3-8H,1-2H3,(H,18,21)/b16-8-. The van der Waals surface area contributed by atoms with Gasteiger partial charge in [-0.3, -0.25) is 19.3 Å². The third-order valence-corrected chi connectivity index (χ3v) is 4.19. The number of fused-ring (bicyclic) bond motifs is 1. The Bertz CT molecular complexity index is 991. The third-order valence-electron chi connectivity index (χ3n) is 3.43. The summed E-state index contributed by atoms with van der Waals surface area (Å²) in [5, 5.41) is 16.7. The average molecular weight is 359 g/mol. The van der Waals surface area contributed by atoms with Crippen molar-refractivity contribution in [2.75, 3.05) is 7.11 Å². The number of aryl methyl sites for hydroxylation is 1. The van der Waals surface area contributed by atoms with Gasteiger partial charge in [0, 0.05) is 23.2 Å². The molecule has 25 heavy (non-hydrogen) atoms. The molecule has 0 unspecified atom stereocenters. The zero-order valence-electron chi connectivity index (χ0n) is 13.3. The Morgan fingerprint density at radius 3 is 3.04 bits per heavy atom. The van der Waals surface area contributed by atoms with E-state index in [-0.39, 0.29) is 11.4 Å². The Morgan fingerprint density at radius 1 is 1.52 bits per heavy atom. The number of methoxy groups -OCH3 is 1. The van der Waals surface area contributed by atoms with Crippen LogP contribution in [-0.4, -0.2) is 33.5 Å². The quantitative estimate of drug-likeness (QED) is 0.427. The SMILES string of the molecule is COc1ccc(/C=N\NC(=O)c2c(C)nc3sccn23)cc1[N+](=O)[O-]. The van der Waals surface area contributed by atoms with Crippen molar-refractivity contribution in [3.05, 3.63) is 56.8 Å². The predicted molar refractivity (Wildman–Crippen MR) is 92.5 cm³/mol. The number of nitro groups is 1. The number of carbonyl (C=O) groups is 1. The lowest BCUT2D eigenvalue weighted by molar-refractivity contribution is -0.385. The number of rotatable bonds is 5. The van der Waals surface area contributed by atoms with E-state index in [2.05, 4.69) is 15.5 Å². The molecule has 2 aromatic heterocycles. The van der Waals surface area contributed by atoms with Crippen LogP contribution in [0.4, 0.5) is 5.69 Å². The molecule has 0 bridgehead atoms. The van der Waals surface area contributed by atoms with Crippen LogP contribution in [0.15, 0.2) is 34.9 Å². The van der Waals surface area contributed by atoms with Gasteiger partial charge in [-0.05, 0) is 19.1 Å². The number of nitrogens with zero attached hydrogens (tertiary/aromatic N) is 4. The van der Waals surface area contributed by atoms with Crippen LogP contribution in [0.25, 0.3) is 4.96 Å². The van der Waals surface area contributed by atoms with E-state index in [1.54, 1.807) is 23.6 Å². The number of ether oxygens (including phenoxy) is 1. The first-order valence-corrected chi connectivity index (χ1v) is 7.97. The molecule has 3 rings (SSSR count). The second-order valence-corrected chi connectivity index (χ2v) is 5.86. The Kier molecular flexibility index (Phi) is 4.44. The van der Waals surface area contributed by atoms with Crippen molar-refractivity contribution in [2.45, 2.75) is 6.92 Å². The lowest BCUT2D eigenvalue weighted by Gasteiger charge is -2.02.